The van der Waals surface area contributed by atoms with Crippen LogP contribution in [0.2, 0.25) is 0 Å². The van der Waals surface area contributed by atoms with Gasteiger partial charge in [0.05, 0.1) is 13.2 Å². The third-order valence-corrected chi connectivity index (χ3v) is 3.39. The predicted octanol–water partition coefficient (Wildman–Crippen LogP) is 5.14. The van der Waals surface area contributed by atoms with Crippen LogP contribution in [0.4, 0.5) is 0 Å². The van der Waals surface area contributed by atoms with Crippen LogP contribution in [0, 0.1) is 5.92 Å². The number of phosphoric ester groups is 1. The summed E-state index contributed by atoms with van der Waals surface area (Å²) < 4.78 is 21.5. The van der Waals surface area contributed by atoms with Gasteiger partial charge in [0.15, 0.2) is 0 Å². The first kappa shape index (κ1) is 23.3. The van der Waals surface area contributed by atoms with Gasteiger partial charge >= 0.3 is 30.2 Å². The summed E-state index contributed by atoms with van der Waals surface area (Å²) in [6.45, 7) is 6.34. The quantitative estimate of drug-likeness (QED) is 0.382. The number of hydrogen-bond donors (Lipinski definition) is 1. The van der Waals surface area contributed by atoms with E-state index in [0.717, 1.165) is 11.1 Å². The van der Waals surface area contributed by atoms with Gasteiger partial charge in [-0.2, -0.15) is 20.8 Å². The van der Waals surface area contributed by atoms with E-state index in [1.807, 2.05) is 60.7 Å². The van der Waals surface area contributed by atoms with Gasteiger partial charge in [0.1, 0.15) is 0 Å². The molecule has 24 heavy (non-hydrogen) atoms. The molecule has 0 aliphatic heterocycles. The topological polar surface area (TPSA) is 55.8 Å². The van der Waals surface area contributed by atoms with E-state index >= 15 is 0 Å². The second-order valence-electron chi connectivity index (χ2n) is 5.49. The fourth-order valence-electron chi connectivity index (χ4n) is 1.50. The van der Waals surface area contributed by atoms with E-state index in [1.54, 1.807) is 0 Å². The van der Waals surface area contributed by atoms with E-state index in [9.17, 15) is 9.46 Å². The van der Waals surface area contributed by atoms with Gasteiger partial charge in [-0.3, -0.25) is 9.05 Å². The van der Waals surface area contributed by atoms with Crippen molar-refractivity contribution >= 4 is 7.82 Å². The molecule has 0 saturated heterocycles. The average Bonchev–Trinajstić information content (AvgIpc) is 2.53. The zero-order chi connectivity index (χ0) is 17.1. The van der Waals surface area contributed by atoms with Crippen LogP contribution >= 0.6 is 7.82 Å². The second kappa shape index (κ2) is 12.6. The molecule has 2 rings (SSSR count). The van der Waals surface area contributed by atoms with Crippen molar-refractivity contribution in [3.63, 3.8) is 0 Å². The van der Waals surface area contributed by atoms with Gasteiger partial charge in [-0.05, 0) is 11.1 Å². The van der Waals surface area contributed by atoms with Gasteiger partial charge in [-0.1, -0.05) is 60.7 Å². The fourth-order valence-corrected chi connectivity index (χ4v) is 2.20. The van der Waals surface area contributed by atoms with Crippen molar-refractivity contribution in [1.82, 2.24) is 0 Å². The van der Waals surface area contributed by atoms with Crippen LogP contribution in [0.15, 0.2) is 60.7 Å². The van der Waals surface area contributed by atoms with E-state index in [1.165, 1.54) is 5.92 Å². The molecule has 0 saturated carbocycles. The number of hydrogen-bond acceptors (Lipinski definition) is 3. The zero-order valence-electron chi connectivity index (χ0n) is 14.1. The predicted molar refractivity (Wildman–Crippen MR) is 92.6 cm³/mol. The Morgan fingerprint density at radius 2 is 1.12 bits per heavy atom. The van der Waals surface area contributed by atoms with E-state index in [4.69, 9.17) is 9.05 Å². The molecule has 136 valence electrons. The van der Waals surface area contributed by atoms with Crippen molar-refractivity contribution in [3.8, 4) is 0 Å². The molecule has 6 heteroatoms. The summed E-state index contributed by atoms with van der Waals surface area (Å²) in [6, 6.07) is 18.4. The molecule has 0 bridgehead atoms. The third-order valence-electron chi connectivity index (χ3n) is 2.47. The smallest absolute Gasteiger partial charge is 0.323 e. The standard InChI is InChI=1S/C14H15O4P.C4H9.Ag/c15-19(16,17-11-13-7-3-1-4-8-13)18-12-14-9-5-2-6-10-14;1-4(2)3;/h1-10H,11-12H2,(H,15,16);1-3H3;/q;-1;+1. The van der Waals surface area contributed by atoms with Crippen molar-refractivity contribution in [2.75, 3.05) is 0 Å². The van der Waals surface area contributed by atoms with Gasteiger partial charge in [0, 0.05) is 0 Å². The summed E-state index contributed by atoms with van der Waals surface area (Å²) in [6.07, 6.45) is 0. The molecule has 2 aromatic carbocycles. The van der Waals surface area contributed by atoms with Crippen molar-refractivity contribution in [1.29, 1.82) is 0 Å². The molecule has 0 aliphatic rings. The Morgan fingerprint density at radius 3 is 1.42 bits per heavy atom. The molecule has 0 aliphatic carbocycles. The van der Waals surface area contributed by atoms with Crippen LogP contribution < -0.4 is 0 Å². The molecule has 0 atom stereocenters. The molecule has 0 spiro atoms. The molecule has 0 amide bonds. The largest absolute Gasteiger partial charge is 1.00 e. The Hall–Kier alpha value is -0.710. The monoisotopic (exact) mass is 442 g/mol. The molecular formula is C18H24AgO4P. The molecule has 0 unspecified atom stereocenters. The fraction of sp³-hybridized carbons (Fsp3) is 0.278. The molecular weight excluding hydrogens is 419 g/mol. The number of benzene rings is 2. The van der Waals surface area contributed by atoms with E-state index in [2.05, 4.69) is 20.8 Å². The number of phosphoric acid groups is 1. The van der Waals surface area contributed by atoms with Crippen LogP contribution in [0.1, 0.15) is 31.9 Å². The Kier molecular flexibility index (Phi) is 12.3. The van der Waals surface area contributed by atoms with E-state index < -0.39 is 7.82 Å². The van der Waals surface area contributed by atoms with Gasteiger partial charge < -0.3 is 10.8 Å². The zero-order valence-corrected chi connectivity index (χ0v) is 16.5. The third kappa shape index (κ3) is 11.8. The van der Waals surface area contributed by atoms with Crippen molar-refractivity contribution in [3.05, 3.63) is 77.7 Å². The van der Waals surface area contributed by atoms with E-state index in [0.29, 0.717) is 0 Å². The maximum absolute atomic E-state index is 11.7. The molecule has 0 heterocycles. The van der Waals surface area contributed by atoms with Gasteiger partial charge in [0.2, 0.25) is 0 Å². The molecule has 0 fully saturated rings. The maximum Gasteiger partial charge on any atom is 1.00 e. The van der Waals surface area contributed by atoms with Gasteiger partial charge in [-0.25, -0.2) is 4.57 Å². The first-order valence-corrected chi connectivity index (χ1v) is 8.85. The van der Waals surface area contributed by atoms with Crippen molar-refractivity contribution in [2.24, 2.45) is 0 Å². The summed E-state index contributed by atoms with van der Waals surface area (Å²) in [4.78, 5) is 9.55. The first-order valence-electron chi connectivity index (χ1n) is 7.35. The molecule has 0 aromatic heterocycles. The maximum atomic E-state index is 11.7. The Labute approximate surface area is 160 Å². The molecule has 4 nitrogen and oxygen atoms in total. The Morgan fingerprint density at radius 1 is 0.833 bits per heavy atom. The summed E-state index contributed by atoms with van der Waals surface area (Å²) in [5, 5.41) is 0. The Balaban J connectivity index is 0.000000954. The van der Waals surface area contributed by atoms with Crippen LogP contribution in [-0.4, -0.2) is 4.89 Å². The van der Waals surface area contributed by atoms with E-state index in [-0.39, 0.29) is 35.6 Å². The summed E-state index contributed by atoms with van der Waals surface area (Å²) >= 11 is 0. The SMILES string of the molecule is C[C-](C)C.O=P(O)(OCc1ccccc1)OCc1ccccc1.[Ag+]. The Bertz CT molecular complexity index is 540. The normalized spacial score (nSPS) is 10.5. The summed E-state index contributed by atoms with van der Waals surface area (Å²) in [7, 11) is -4.02. The molecule has 0 radical (unpaired) electrons. The van der Waals surface area contributed by atoms with Crippen LogP contribution in [-0.2, 0) is 49.2 Å². The minimum absolute atomic E-state index is 0. The molecule has 2 aromatic rings. The van der Waals surface area contributed by atoms with Gasteiger partial charge in [0.25, 0.3) is 0 Å². The van der Waals surface area contributed by atoms with Crippen LogP contribution in [0.5, 0.6) is 0 Å². The molecule has 1 N–H and O–H groups in total. The van der Waals surface area contributed by atoms with Gasteiger partial charge in [-0.15, -0.1) is 0 Å². The minimum Gasteiger partial charge on any atom is -0.323 e. The minimum atomic E-state index is -4.02. The first-order chi connectivity index (χ1) is 10.9. The number of rotatable bonds is 6. The summed E-state index contributed by atoms with van der Waals surface area (Å²) in [5.41, 5.74) is 1.64. The van der Waals surface area contributed by atoms with Crippen LogP contribution in [0.25, 0.3) is 0 Å². The average molecular weight is 443 g/mol. The van der Waals surface area contributed by atoms with Crippen molar-refractivity contribution < 1.29 is 40.9 Å². The summed E-state index contributed by atoms with van der Waals surface area (Å²) in [5.74, 6) is 1.42. The van der Waals surface area contributed by atoms with Crippen LogP contribution in [0.3, 0.4) is 0 Å². The van der Waals surface area contributed by atoms with Crippen molar-refractivity contribution in [2.45, 2.75) is 34.0 Å². The second-order valence-corrected chi connectivity index (χ2v) is 6.94.